The Kier molecular flexibility index (Phi) is 3.37. The van der Waals surface area contributed by atoms with Crippen molar-refractivity contribution in [3.8, 4) is 0 Å². The molecule has 2 saturated heterocycles. The summed E-state index contributed by atoms with van der Waals surface area (Å²) in [5, 5.41) is 12.8. The fourth-order valence-corrected chi connectivity index (χ4v) is 3.32. The van der Waals surface area contributed by atoms with E-state index in [4.69, 9.17) is 4.74 Å². The maximum Gasteiger partial charge on any atom is 0.115 e. The summed E-state index contributed by atoms with van der Waals surface area (Å²) >= 11 is 0. The van der Waals surface area contributed by atoms with Crippen LogP contribution in [0.1, 0.15) is 30.7 Å². The van der Waals surface area contributed by atoms with E-state index in [2.05, 4.69) is 30.3 Å². The Balaban J connectivity index is 1.64. The molecule has 1 aromatic carbocycles. The molecule has 0 N–H and O–H groups in total. The molecule has 0 amide bonds. The predicted molar refractivity (Wildman–Crippen MR) is 71.0 cm³/mol. The van der Waals surface area contributed by atoms with Crippen molar-refractivity contribution >= 4 is 0 Å². The second-order valence-corrected chi connectivity index (χ2v) is 5.60. The second kappa shape index (κ2) is 5.00. The number of hydrogen-bond acceptors (Lipinski definition) is 2. The third-order valence-corrected chi connectivity index (χ3v) is 4.55. The highest BCUT2D eigenvalue weighted by Crippen LogP contribution is 2.34. The average Bonchev–Trinajstić information content (AvgIpc) is 2.95. The van der Waals surface area contributed by atoms with E-state index in [-0.39, 0.29) is 10.7 Å². The van der Waals surface area contributed by atoms with Crippen molar-refractivity contribution in [1.82, 2.24) is 0 Å². The summed E-state index contributed by atoms with van der Waals surface area (Å²) in [5.74, 6) is 0.578. The Morgan fingerprint density at radius 2 is 1.78 bits per heavy atom. The quantitative estimate of drug-likeness (QED) is 0.594. The summed E-state index contributed by atoms with van der Waals surface area (Å²) in [6, 6.07) is 10.8. The van der Waals surface area contributed by atoms with Crippen LogP contribution in [0.15, 0.2) is 30.3 Å². The highest BCUT2D eigenvalue weighted by molar-refractivity contribution is 5.19. The molecule has 0 radical (unpaired) electrons. The number of nitrogens with zero attached hydrogens (tertiary/aromatic N) is 1. The highest BCUT2D eigenvalue weighted by Gasteiger charge is 2.36. The largest absolute Gasteiger partial charge is 0.633 e. The topological polar surface area (TPSA) is 32.3 Å². The van der Waals surface area contributed by atoms with Crippen LogP contribution in [-0.2, 0) is 4.74 Å². The van der Waals surface area contributed by atoms with Gasteiger partial charge < -0.3 is 14.6 Å². The van der Waals surface area contributed by atoms with Crippen molar-refractivity contribution in [1.29, 1.82) is 0 Å². The smallest absolute Gasteiger partial charge is 0.115 e. The van der Waals surface area contributed by atoms with Gasteiger partial charge in [-0.1, -0.05) is 30.3 Å². The molecule has 0 aliphatic carbocycles. The third kappa shape index (κ3) is 2.30. The van der Waals surface area contributed by atoms with Crippen LogP contribution in [0, 0.1) is 5.21 Å². The average molecular weight is 247 g/mol. The fraction of sp³-hybridized carbons (Fsp3) is 0.600. The van der Waals surface area contributed by atoms with Crippen LogP contribution in [0.25, 0.3) is 0 Å². The summed E-state index contributed by atoms with van der Waals surface area (Å²) in [6.45, 7) is 2.95. The summed E-state index contributed by atoms with van der Waals surface area (Å²) < 4.78 is 5.36. The van der Waals surface area contributed by atoms with E-state index in [1.54, 1.807) is 0 Å². The van der Waals surface area contributed by atoms with Gasteiger partial charge in [0, 0.05) is 19.3 Å². The molecule has 0 saturated carbocycles. The van der Waals surface area contributed by atoms with Crippen LogP contribution < -0.4 is 0 Å². The number of piperidine rings is 1. The van der Waals surface area contributed by atoms with Gasteiger partial charge in [-0.25, -0.2) is 0 Å². The van der Waals surface area contributed by atoms with Crippen LogP contribution in [0.3, 0.4) is 0 Å². The maximum atomic E-state index is 12.8. The van der Waals surface area contributed by atoms with Crippen molar-refractivity contribution in [2.24, 2.45) is 0 Å². The third-order valence-electron chi connectivity index (χ3n) is 4.55. The molecule has 3 heteroatoms. The molecular weight excluding hydrogens is 226 g/mol. The molecule has 2 aliphatic rings. The van der Waals surface area contributed by atoms with Crippen molar-refractivity contribution in [2.45, 2.75) is 31.2 Å². The lowest BCUT2D eigenvalue weighted by atomic mass is 9.88. The molecule has 2 aliphatic heterocycles. The van der Waals surface area contributed by atoms with Gasteiger partial charge in [-0.3, -0.25) is 0 Å². The highest BCUT2D eigenvalue weighted by atomic mass is 16.6. The van der Waals surface area contributed by atoms with Gasteiger partial charge in [0.1, 0.15) is 6.04 Å². The first-order valence-electron chi connectivity index (χ1n) is 6.98. The molecule has 3 rings (SSSR count). The zero-order chi connectivity index (χ0) is 12.4. The molecular formula is C15H21NO2. The first kappa shape index (κ1) is 12.2. The van der Waals surface area contributed by atoms with E-state index in [0.717, 1.165) is 39.0 Å². The molecule has 0 bridgehead atoms. The molecule has 0 unspecified atom stereocenters. The van der Waals surface area contributed by atoms with Gasteiger partial charge in [0.25, 0.3) is 0 Å². The minimum absolute atomic E-state index is 0.0106. The first-order valence-corrected chi connectivity index (χ1v) is 6.98. The number of hydroxylamine groups is 3. The van der Waals surface area contributed by atoms with Crippen molar-refractivity contribution < 1.29 is 9.38 Å². The van der Waals surface area contributed by atoms with E-state index >= 15 is 0 Å². The van der Waals surface area contributed by atoms with E-state index in [0.29, 0.717) is 12.5 Å². The van der Waals surface area contributed by atoms with Crippen molar-refractivity contribution in [2.75, 3.05) is 26.3 Å². The zero-order valence-corrected chi connectivity index (χ0v) is 10.8. The molecule has 1 aromatic rings. The SMILES string of the molecule is [O-][N+]1([C@H]2CCOC2)CCC(c2ccccc2)CC1. The van der Waals surface area contributed by atoms with Crippen LogP contribution in [0.4, 0.5) is 0 Å². The summed E-state index contributed by atoms with van der Waals surface area (Å²) in [4.78, 5) is 0. The molecule has 18 heavy (non-hydrogen) atoms. The standard InChI is InChI=1S/C15H21NO2/c17-16(15-8-11-18-12-15)9-6-14(7-10-16)13-4-2-1-3-5-13/h1-5,14-15H,6-12H2/t14?,15-,16?/m0/s1. The van der Waals surface area contributed by atoms with Gasteiger partial charge in [-0.05, 0) is 11.5 Å². The van der Waals surface area contributed by atoms with E-state index in [9.17, 15) is 5.21 Å². The Morgan fingerprint density at radius 1 is 1.06 bits per heavy atom. The zero-order valence-electron chi connectivity index (χ0n) is 10.8. The number of hydrogen-bond donors (Lipinski definition) is 0. The van der Waals surface area contributed by atoms with Gasteiger partial charge in [-0.15, -0.1) is 0 Å². The lowest BCUT2D eigenvalue weighted by molar-refractivity contribution is -0.908. The minimum Gasteiger partial charge on any atom is -0.633 e. The Labute approximate surface area is 109 Å². The number of likely N-dealkylation sites (tertiary alicyclic amines) is 1. The summed E-state index contributed by atoms with van der Waals surface area (Å²) in [5.41, 5.74) is 1.39. The van der Waals surface area contributed by atoms with Gasteiger partial charge in [0.05, 0.1) is 26.3 Å². The maximum absolute atomic E-state index is 12.8. The number of quaternary nitrogens is 1. The first-order chi connectivity index (χ1) is 8.78. The van der Waals surface area contributed by atoms with Crippen LogP contribution in [-0.4, -0.2) is 37.0 Å². The molecule has 1 atom stereocenters. The van der Waals surface area contributed by atoms with Gasteiger partial charge in [0.2, 0.25) is 0 Å². The molecule has 0 spiro atoms. The number of benzene rings is 1. The minimum atomic E-state index is -0.0106. The molecule has 98 valence electrons. The van der Waals surface area contributed by atoms with Gasteiger partial charge in [-0.2, -0.15) is 0 Å². The fourth-order valence-electron chi connectivity index (χ4n) is 3.32. The molecule has 0 aromatic heterocycles. The van der Waals surface area contributed by atoms with Gasteiger partial charge >= 0.3 is 0 Å². The van der Waals surface area contributed by atoms with Crippen molar-refractivity contribution in [3.63, 3.8) is 0 Å². The number of ether oxygens (including phenoxy) is 1. The normalized spacial score (nSPS) is 36.7. The number of rotatable bonds is 2. The van der Waals surface area contributed by atoms with E-state index in [1.807, 2.05) is 0 Å². The van der Waals surface area contributed by atoms with Crippen molar-refractivity contribution in [3.05, 3.63) is 41.1 Å². The van der Waals surface area contributed by atoms with Crippen LogP contribution in [0.2, 0.25) is 0 Å². The summed E-state index contributed by atoms with van der Waals surface area (Å²) in [6.07, 6.45) is 2.98. The Hall–Kier alpha value is -0.900. The predicted octanol–water partition coefficient (Wildman–Crippen LogP) is 2.67. The molecule has 2 heterocycles. The van der Waals surface area contributed by atoms with E-state index in [1.165, 1.54) is 5.56 Å². The Morgan fingerprint density at radius 3 is 2.39 bits per heavy atom. The monoisotopic (exact) mass is 247 g/mol. The lowest BCUT2D eigenvalue weighted by Gasteiger charge is -2.51. The summed E-state index contributed by atoms with van der Waals surface area (Å²) in [7, 11) is 0. The van der Waals surface area contributed by atoms with Crippen LogP contribution >= 0.6 is 0 Å². The lowest BCUT2D eigenvalue weighted by Crippen LogP contribution is -2.55. The molecule has 3 nitrogen and oxygen atoms in total. The van der Waals surface area contributed by atoms with Crippen LogP contribution in [0.5, 0.6) is 0 Å². The molecule has 2 fully saturated rings. The second-order valence-electron chi connectivity index (χ2n) is 5.60. The Bertz CT molecular complexity index is 379. The van der Waals surface area contributed by atoms with E-state index < -0.39 is 0 Å². The van der Waals surface area contributed by atoms with Gasteiger partial charge in [0.15, 0.2) is 0 Å².